The standard InChI is InChI=1S/C22H23ClN6O/c1-22(2,30)12-26-16-9-19(23)28-29-18(11-25-21(16)29)14-5-3-13(4-6-14)17-10-24-20(27-17)15-7-8-15/h3-6,9-11,15,26,30H,7-8,12H2,1-2H3,(H,24,27). The van der Waals surface area contributed by atoms with Crippen LogP contribution in [0.2, 0.25) is 5.15 Å². The van der Waals surface area contributed by atoms with Crippen LogP contribution in [0, 0.1) is 0 Å². The highest BCUT2D eigenvalue weighted by molar-refractivity contribution is 6.29. The van der Waals surface area contributed by atoms with Gasteiger partial charge in [0.2, 0.25) is 0 Å². The topological polar surface area (TPSA) is 91.1 Å². The van der Waals surface area contributed by atoms with Crippen LogP contribution >= 0.6 is 11.6 Å². The molecule has 0 spiro atoms. The van der Waals surface area contributed by atoms with Gasteiger partial charge < -0.3 is 15.4 Å². The van der Waals surface area contributed by atoms with Gasteiger partial charge in [-0.1, -0.05) is 35.9 Å². The Morgan fingerprint density at radius 1 is 1.17 bits per heavy atom. The Labute approximate surface area is 179 Å². The van der Waals surface area contributed by atoms with E-state index in [0.717, 1.165) is 34.0 Å². The summed E-state index contributed by atoms with van der Waals surface area (Å²) in [6.07, 6.45) is 6.13. The van der Waals surface area contributed by atoms with Crippen LogP contribution in [0.3, 0.4) is 0 Å². The lowest BCUT2D eigenvalue weighted by Gasteiger charge is -2.18. The summed E-state index contributed by atoms with van der Waals surface area (Å²) in [5.74, 6) is 1.69. The molecule has 1 aliphatic rings. The molecule has 8 heteroatoms. The Morgan fingerprint density at radius 2 is 1.90 bits per heavy atom. The molecule has 0 radical (unpaired) electrons. The van der Waals surface area contributed by atoms with E-state index in [-0.39, 0.29) is 0 Å². The van der Waals surface area contributed by atoms with Crippen molar-refractivity contribution in [3.05, 3.63) is 53.7 Å². The van der Waals surface area contributed by atoms with Crippen LogP contribution in [0.4, 0.5) is 5.69 Å². The number of H-pyrrole nitrogens is 1. The molecule has 1 aromatic carbocycles. The van der Waals surface area contributed by atoms with Crippen LogP contribution in [-0.2, 0) is 0 Å². The van der Waals surface area contributed by atoms with Crippen LogP contribution in [0.5, 0.6) is 0 Å². The Hall–Kier alpha value is -2.90. The van der Waals surface area contributed by atoms with Crippen molar-refractivity contribution in [1.82, 2.24) is 24.6 Å². The number of aromatic nitrogens is 5. The molecular formula is C22H23ClN6O. The number of halogens is 1. The highest BCUT2D eigenvalue weighted by Crippen LogP contribution is 2.39. The summed E-state index contributed by atoms with van der Waals surface area (Å²) in [6, 6.07) is 9.94. The molecule has 1 aliphatic carbocycles. The van der Waals surface area contributed by atoms with E-state index in [1.807, 2.05) is 18.3 Å². The minimum absolute atomic E-state index is 0.349. The highest BCUT2D eigenvalue weighted by Gasteiger charge is 2.26. The molecule has 1 saturated carbocycles. The fourth-order valence-corrected chi connectivity index (χ4v) is 3.63. The number of imidazole rings is 2. The van der Waals surface area contributed by atoms with E-state index in [1.165, 1.54) is 12.8 Å². The van der Waals surface area contributed by atoms with Crippen LogP contribution in [0.25, 0.3) is 28.2 Å². The van der Waals surface area contributed by atoms with Gasteiger partial charge in [0.1, 0.15) is 5.82 Å². The fourth-order valence-electron chi connectivity index (χ4n) is 3.45. The molecule has 0 atom stereocenters. The molecule has 154 valence electrons. The summed E-state index contributed by atoms with van der Waals surface area (Å²) >= 11 is 6.26. The molecule has 5 rings (SSSR count). The third-order valence-electron chi connectivity index (χ3n) is 5.20. The van der Waals surface area contributed by atoms with Gasteiger partial charge in [-0.2, -0.15) is 5.10 Å². The van der Waals surface area contributed by atoms with Gasteiger partial charge in [0, 0.05) is 24.1 Å². The Bertz CT molecular complexity index is 1200. The molecular weight excluding hydrogens is 400 g/mol. The number of hydrogen-bond donors (Lipinski definition) is 3. The van der Waals surface area contributed by atoms with Crippen LogP contribution < -0.4 is 5.32 Å². The number of hydrogen-bond acceptors (Lipinski definition) is 5. The minimum atomic E-state index is -0.857. The molecule has 0 saturated heterocycles. The lowest BCUT2D eigenvalue weighted by molar-refractivity contribution is 0.0945. The normalized spacial score (nSPS) is 14.4. The predicted molar refractivity (Wildman–Crippen MR) is 118 cm³/mol. The van der Waals surface area contributed by atoms with Crippen molar-refractivity contribution >= 4 is 22.9 Å². The average Bonchev–Trinajstić information content (AvgIpc) is 3.28. The Kier molecular flexibility index (Phi) is 4.52. The molecule has 0 aliphatic heterocycles. The maximum Gasteiger partial charge on any atom is 0.177 e. The van der Waals surface area contributed by atoms with E-state index < -0.39 is 5.60 Å². The smallest absolute Gasteiger partial charge is 0.177 e. The zero-order valence-electron chi connectivity index (χ0n) is 16.9. The third kappa shape index (κ3) is 3.78. The molecule has 0 amide bonds. The third-order valence-corrected chi connectivity index (χ3v) is 5.39. The van der Waals surface area contributed by atoms with Gasteiger partial charge in [0.25, 0.3) is 0 Å². The predicted octanol–water partition coefficient (Wildman–Crippen LogP) is 4.50. The molecule has 3 heterocycles. The van der Waals surface area contributed by atoms with E-state index in [0.29, 0.717) is 23.3 Å². The minimum Gasteiger partial charge on any atom is -0.389 e. The van der Waals surface area contributed by atoms with Gasteiger partial charge >= 0.3 is 0 Å². The van der Waals surface area contributed by atoms with Crippen molar-refractivity contribution in [1.29, 1.82) is 0 Å². The van der Waals surface area contributed by atoms with Gasteiger partial charge in [-0.25, -0.2) is 14.5 Å². The van der Waals surface area contributed by atoms with Crippen molar-refractivity contribution in [3.63, 3.8) is 0 Å². The summed E-state index contributed by atoms with van der Waals surface area (Å²) in [6.45, 7) is 3.85. The lowest BCUT2D eigenvalue weighted by Crippen LogP contribution is -2.29. The van der Waals surface area contributed by atoms with E-state index in [4.69, 9.17) is 11.6 Å². The molecule has 1 fully saturated rings. The second-order valence-electron chi connectivity index (χ2n) is 8.46. The zero-order chi connectivity index (χ0) is 20.9. The van der Waals surface area contributed by atoms with Crippen LogP contribution in [0.1, 0.15) is 38.4 Å². The first-order chi connectivity index (χ1) is 14.4. The summed E-state index contributed by atoms with van der Waals surface area (Å²) in [4.78, 5) is 12.5. The second kappa shape index (κ2) is 7.11. The number of anilines is 1. The van der Waals surface area contributed by atoms with Crippen LogP contribution in [0.15, 0.2) is 42.7 Å². The molecule has 0 bridgehead atoms. The van der Waals surface area contributed by atoms with E-state index >= 15 is 0 Å². The summed E-state index contributed by atoms with van der Waals surface area (Å²) in [5.41, 5.74) is 4.47. The molecule has 3 N–H and O–H groups in total. The van der Waals surface area contributed by atoms with Crippen molar-refractivity contribution in [2.45, 2.75) is 38.2 Å². The van der Waals surface area contributed by atoms with Gasteiger partial charge in [-0.05, 0) is 32.3 Å². The van der Waals surface area contributed by atoms with Gasteiger partial charge in [0.05, 0.1) is 35.1 Å². The monoisotopic (exact) mass is 422 g/mol. The maximum absolute atomic E-state index is 10.0. The first-order valence-electron chi connectivity index (χ1n) is 10.0. The van der Waals surface area contributed by atoms with Crippen molar-refractivity contribution < 1.29 is 5.11 Å². The number of aliphatic hydroxyl groups is 1. The number of benzene rings is 1. The summed E-state index contributed by atoms with van der Waals surface area (Å²) < 4.78 is 1.73. The first kappa shape index (κ1) is 19.1. The number of rotatable bonds is 6. The van der Waals surface area contributed by atoms with Gasteiger partial charge in [-0.15, -0.1) is 0 Å². The number of nitrogens with one attached hydrogen (secondary N) is 2. The largest absolute Gasteiger partial charge is 0.389 e. The van der Waals surface area contributed by atoms with Crippen molar-refractivity contribution in [2.75, 3.05) is 11.9 Å². The number of aromatic amines is 1. The number of nitrogens with zero attached hydrogens (tertiary/aromatic N) is 4. The average molecular weight is 423 g/mol. The Balaban J connectivity index is 1.46. The Morgan fingerprint density at radius 3 is 2.60 bits per heavy atom. The molecule has 0 unspecified atom stereocenters. The van der Waals surface area contributed by atoms with Crippen molar-refractivity contribution in [3.8, 4) is 22.5 Å². The molecule has 30 heavy (non-hydrogen) atoms. The molecule has 4 aromatic rings. The van der Waals surface area contributed by atoms with Crippen LogP contribution in [-0.4, -0.2) is 41.8 Å². The molecule has 7 nitrogen and oxygen atoms in total. The van der Waals surface area contributed by atoms with Crippen molar-refractivity contribution in [2.24, 2.45) is 0 Å². The van der Waals surface area contributed by atoms with Gasteiger partial charge in [0.15, 0.2) is 10.8 Å². The fraction of sp³-hybridized carbons (Fsp3) is 0.318. The summed E-state index contributed by atoms with van der Waals surface area (Å²) in [5, 5.41) is 18.0. The van der Waals surface area contributed by atoms with E-state index in [2.05, 4.69) is 37.5 Å². The zero-order valence-corrected chi connectivity index (χ0v) is 17.6. The molecule has 3 aromatic heterocycles. The van der Waals surface area contributed by atoms with Gasteiger partial charge in [-0.3, -0.25) is 0 Å². The second-order valence-corrected chi connectivity index (χ2v) is 8.85. The lowest BCUT2D eigenvalue weighted by atomic mass is 10.1. The van der Waals surface area contributed by atoms with E-state index in [9.17, 15) is 5.11 Å². The summed E-state index contributed by atoms with van der Waals surface area (Å²) in [7, 11) is 0. The quantitative estimate of drug-likeness (QED) is 0.425. The van der Waals surface area contributed by atoms with E-state index in [1.54, 1.807) is 30.6 Å². The SMILES string of the molecule is CC(C)(O)CNc1cc(Cl)nn2c(-c3ccc(-c4cnc(C5CC5)[nH]4)cc3)cnc12. The first-order valence-corrected chi connectivity index (χ1v) is 10.4. The highest BCUT2D eigenvalue weighted by atomic mass is 35.5. The number of fused-ring (bicyclic) bond motifs is 1. The maximum atomic E-state index is 10.0.